The molecule has 0 saturated carbocycles. The van der Waals surface area contributed by atoms with Gasteiger partial charge < -0.3 is 4.90 Å². The molecule has 6 heteroatoms. The van der Waals surface area contributed by atoms with Crippen LogP contribution in [0.15, 0.2) is 97.5 Å². The van der Waals surface area contributed by atoms with Gasteiger partial charge in [0, 0.05) is 68.5 Å². The zero-order chi connectivity index (χ0) is 23.9. The van der Waals surface area contributed by atoms with Gasteiger partial charge in [0.1, 0.15) is 5.69 Å². The summed E-state index contributed by atoms with van der Waals surface area (Å²) >= 11 is 0. The quantitative estimate of drug-likeness (QED) is 0.383. The average molecular weight is 464 g/mol. The number of benzene rings is 2. The topological polar surface area (TPSA) is 54.3 Å². The predicted molar refractivity (Wildman–Crippen MR) is 138 cm³/mol. The van der Waals surface area contributed by atoms with E-state index < -0.39 is 0 Å². The number of piperazine rings is 1. The Bertz CT molecular complexity index is 1260. The van der Waals surface area contributed by atoms with E-state index in [2.05, 4.69) is 46.3 Å². The minimum Gasteiger partial charge on any atom is -0.337 e. The van der Waals surface area contributed by atoms with E-state index in [4.69, 9.17) is 5.10 Å². The molecule has 1 amide bonds. The van der Waals surface area contributed by atoms with Crippen molar-refractivity contribution in [3.05, 3.63) is 114 Å². The molecule has 0 unspecified atom stereocenters. The first-order valence-corrected chi connectivity index (χ1v) is 12.0. The molecule has 3 heterocycles. The monoisotopic (exact) mass is 463 g/mol. The van der Waals surface area contributed by atoms with Gasteiger partial charge in [-0.2, -0.15) is 5.10 Å². The van der Waals surface area contributed by atoms with Crippen LogP contribution in [0.3, 0.4) is 0 Å². The number of amides is 1. The summed E-state index contributed by atoms with van der Waals surface area (Å²) in [6.45, 7) is 4.82. The summed E-state index contributed by atoms with van der Waals surface area (Å²) in [7, 11) is 0. The molecule has 5 rings (SSSR count). The fourth-order valence-electron chi connectivity index (χ4n) is 4.37. The summed E-state index contributed by atoms with van der Waals surface area (Å²) in [5, 5.41) is 4.81. The molecule has 0 bridgehead atoms. The van der Waals surface area contributed by atoms with Crippen molar-refractivity contribution in [3.63, 3.8) is 0 Å². The van der Waals surface area contributed by atoms with Gasteiger partial charge in [-0.05, 0) is 29.3 Å². The number of nitrogens with zero attached hydrogens (tertiary/aromatic N) is 5. The van der Waals surface area contributed by atoms with Gasteiger partial charge in [0.15, 0.2) is 0 Å². The number of carbonyl (C=O) groups excluding carboxylic acids is 1. The number of aromatic nitrogens is 3. The van der Waals surface area contributed by atoms with Crippen molar-refractivity contribution < 1.29 is 4.79 Å². The van der Waals surface area contributed by atoms with Gasteiger partial charge in [-0.25, -0.2) is 0 Å². The van der Waals surface area contributed by atoms with Crippen molar-refractivity contribution in [2.75, 3.05) is 26.2 Å². The molecule has 6 nitrogen and oxygen atoms in total. The van der Waals surface area contributed by atoms with Gasteiger partial charge in [-0.1, -0.05) is 60.7 Å². The second-order valence-electron chi connectivity index (χ2n) is 8.78. The lowest BCUT2D eigenvalue weighted by atomic mass is 10.1. The molecule has 35 heavy (non-hydrogen) atoms. The molecular weight excluding hydrogens is 434 g/mol. The minimum atomic E-state index is 0.0392. The van der Waals surface area contributed by atoms with Gasteiger partial charge in [0.25, 0.3) is 0 Å². The molecule has 0 spiro atoms. The SMILES string of the molecule is O=C(/C=C/c1cn(Cc2ccccc2)nc1-c1cccnc1)N1CCN(Cc2ccccc2)CC1. The summed E-state index contributed by atoms with van der Waals surface area (Å²) in [5.41, 5.74) is 5.15. The van der Waals surface area contributed by atoms with E-state index in [0.29, 0.717) is 6.54 Å². The first-order chi connectivity index (χ1) is 17.2. The Balaban J connectivity index is 1.26. The standard InChI is InChI=1S/C29H29N5O/c35-28(33-18-16-32(17-19-33)21-24-8-3-1-4-9-24)14-13-27-23-34(22-25-10-5-2-6-11-25)31-29(27)26-12-7-15-30-20-26/h1-15,20,23H,16-19,21-22H2/b14-13+. The Morgan fingerprint density at radius 1 is 0.829 bits per heavy atom. The molecule has 2 aromatic carbocycles. The number of hydrogen-bond acceptors (Lipinski definition) is 4. The molecule has 1 fully saturated rings. The minimum absolute atomic E-state index is 0.0392. The molecular formula is C29H29N5O. The molecule has 0 atom stereocenters. The number of pyridine rings is 1. The Labute approximate surface area is 206 Å². The largest absolute Gasteiger partial charge is 0.337 e. The van der Waals surface area contributed by atoms with Gasteiger partial charge >= 0.3 is 0 Å². The van der Waals surface area contributed by atoms with E-state index in [9.17, 15) is 4.79 Å². The Kier molecular flexibility index (Phi) is 7.10. The predicted octanol–water partition coefficient (Wildman–Crippen LogP) is 4.35. The van der Waals surface area contributed by atoms with Crippen LogP contribution in [0.25, 0.3) is 17.3 Å². The first-order valence-electron chi connectivity index (χ1n) is 12.0. The lowest BCUT2D eigenvalue weighted by molar-refractivity contribution is -0.127. The highest BCUT2D eigenvalue weighted by molar-refractivity contribution is 5.92. The second-order valence-corrected chi connectivity index (χ2v) is 8.78. The number of hydrogen-bond donors (Lipinski definition) is 0. The van der Waals surface area contributed by atoms with Crippen molar-refractivity contribution in [1.29, 1.82) is 0 Å². The van der Waals surface area contributed by atoms with Crippen molar-refractivity contribution in [2.24, 2.45) is 0 Å². The second kappa shape index (κ2) is 10.9. The fraction of sp³-hybridized carbons (Fsp3) is 0.207. The van der Waals surface area contributed by atoms with E-state index in [1.54, 1.807) is 18.5 Å². The van der Waals surface area contributed by atoms with E-state index in [1.165, 1.54) is 11.1 Å². The van der Waals surface area contributed by atoms with Crippen molar-refractivity contribution in [1.82, 2.24) is 24.6 Å². The molecule has 1 aliphatic heterocycles. The summed E-state index contributed by atoms with van der Waals surface area (Å²) < 4.78 is 1.92. The molecule has 1 aliphatic rings. The molecule has 0 radical (unpaired) electrons. The number of rotatable bonds is 7. The maximum absolute atomic E-state index is 13.0. The van der Waals surface area contributed by atoms with Crippen LogP contribution in [0.4, 0.5) is 0 Å². The third-order valence-corrected chi connectivity index (χ3v) is 6.25. The lowest BCUT2D eigenvalue weighted by Crippen LogP contribution is -2.47. The zero-order valence-corrected chi connectivity index (χ0v) is 19.7. The van der Waals surface area contributed by atoms with Gasteiger partial charge in [0.05, 0.1) is 6.54 Å². The van der Waals surface area contributed by atoms with Gasteiger partial charge in [-0.3, -0.25) is 19.4 Å². The van der Waals surface area contributed by atoms with Crippen molar-refractivity contribution in [3.8, 4) is 11.3 Å². The Hall–Kier alpha value is -4.03. The molecule has 2 aromatic heterocycles. The third kappa shape index (κ3) is 5.91. The normalized spacial score (nSPS) is 14.5. The van der Waals surface area contributed by atoms with Crippen LogP contribution in [0, 0.1) is 0 Å². The summed E-state index contributed by atoms with van der Waals surface area (Å²) in [6.07, 6.45) is 9.12. The summed E-state index contributed by atoms with van der Waals surface area (Å²) in [4.78, 5) is 21.5. The highest BCUT2D eigenvalue weighted by atomic mass is 16.2. The van der Waals surface area contributed by atoms with E-state index >= 15 is 0 Å². The van der Waals surface area contributed by atoms with Crippen LogP contribution >= 0.6 is 0 Å². The maximum Gasteiger partial charge on any atom is 0.246 e. The smallest absolute Gasteiger partial charge is 0.246 e. The molecule has 0 N–H and O–H groups in total. The van der Waals surface area contributed by atoms with Crippen molar-refractivity contribution in [2.45, 2.75) is 13.1 Å². The van der Waals surface area contributed by atoms with E-state index in [1.807, 2.05) is 58.3 Å². The fourth-order valence-corrected chi connectivity index (χ4v) is 4.37. The van der Waals surface area contributed by atoms with Crippen molar-refractivity contribution >= 4 is 12.0 Å². The molecule has 1 saturated heterocycles. The van der Waals surface area contributed by atoms with Crippen LogP contribution < -0.4 is 0 Å². The van der Waals surface area contributed by atoms with E-state index in [0.717, 1.165) is 49.5 Å². The third-order valence-electron chi connectivity index (χ3n) is 6.25. The zero-order valence-electron chi connectivity index (χ0n) is 19.7. The molecule has 4 aromatic rings. The van der Waals surface area contributed by atoms with Crippen LogP contribution in [0.5, 0.6) is 0 Å². The van der Waals surface area contributed by atoms with Crippen LogP contribution in [0.1, 0.15) is 16.7 Å². The summed E-state index contributed by atoms with van der Waals surface area (Å²) in [6, 6.07) is 24.6. The highest BCUT2D eigenvalue weighted by Gasteiger charge is 2.20. The van der Waals surface area contributed by atoms with Gasteiger partial charge in [-0.15, -0.1) is 0 Å². The lowest BCUT2D eigenvalue weighted by Gasteiger charge is -2.34. The average Bonchev–Trinajstić information content (AvgIpc) is 3.32. The highest BCUT2D eigenvalue weighted by Crippen LogP contribution is 2.23. The van der Waals surface area contributed by atoms with Crippen LogP contribution in [-0.2, 0) is 17.9 Å². The Morgan fingerprint density at radius 3 is 2.17 bits per heavy atom. The Morgan fingerprint density at radius 2 is 1.51 bits per heavy atom. The summed E-state index contributed by atoms with van der Waals surface area (Å²) in [5.74, 6) is 0.0392. The van der Waals surface area contributed by atoms with E-state index in [-0.39, 0.29) is 5.91 Å². The maximum atomic E-state index is 13.0. The molecule has 176 valence electrons. The van der Waals surface area contributed by atoms with Gasteiger partial charge in [0.2, 0.25) is 5.91 Å². The van der Waals surface area contributed by atoms with Crippen LogP contribution in [0.2, 0.25) is 0 Å². The number of carbonyl (C=O) groups is 1. The molecule has 0 aliphatic carbocycles. The van der Waals surface area contributed by atoms with Crippen LogP contribution in [-0.4, -0.2) is 56.7 Å². The first kappa shape index (κ1) is 22.7.